The number of hydrogen-bond acceptors (Lipinski definition) is 4. The van der Waals surface area contributed by atoms with Gasteiger partial charge in [0.1, 0.15) is 23.9 Å². The third-order valence-electron chi connectivity index (χ3n) is 4.97. The molecule has 4 aromatic carbocycles. The summed E-state index contributed by atoms with van der Waals surface area (Å²) in [6.07, 6.45) is 0. The summed E-state index contributed by atoms with van der Waals surface area (Å²) >= 11 is 3.60. The fourth-order valence-electron chi connectivity index (χ4n) is 3.38. The van der Waals surface area contributed by atoms with Crippen LogP contribution in [0.1, 0.15) is 18.1 Å². The summed E-state index contributed by atoms with van der Waals surface area (Å²) in [5.41, 5.74) is 2.75. The van der Waals surface area contributed by atoms with E-state index in [1.807, 2.05) is 79.7 Å². The SMILES string of the molecule is CCOc1cc(CNc2ccc(Oc3ccccc3)cc2)cc(Br)c1OCc1cccc(F)c1. The van der Waals surface area contributed by atoms with Gasteiger partial charge in [-0.2, -0.15) is 0 Å². The van der Waals surface area contributed by atoms with Gasteiger partial charge < -0.3 is 19.5 Å². The molecule has 0 bridgehead atoms. The summed E-state index contributed by atoms with van der Waals surface area (Å²) in [6.45, 7) is 3.27. The van der Waals surface area contributed by atoms with E-state index in [-0.39, 0.29) is 12.4 Å². The predicted octanol–water partition coefficient (Wildman–Crippen LogP) is 7.97. The van der Waals surface area contributed by atoms with Crippen molar-refractivity contribution in [2.24, 2.45) is 0 Å². The molecule has 0 fully saturated rings. The van der Waals surface area contributed by atoms with E-state index in [9.17, 15) is 4.39 Å². The molecule has 0 atom stereocenters. The van der Waals surface area contributed by atoms with Gasteiger partial charge in [-0.15, -0.1) is 0 Å². The summed E-state index contributed by atoms with van der Waals surface area (Å²) in [5.74, 6) is 2.52. The second-order valence-electron chi connectivity index (χ2n) is 7.55. The number of nitrogens with one attached hydrogen (secondary N) is 1. The number of para-hydroxylation sites is 1. The number of benzene rings is 4. The Morgan fingerprint density at radius 3 is 2.29 bits per heavy atom. The highest BCUT2D eigenvalue weighted by atomic mass is 79.9. The standard InChI is InChI=1S/C28H25BrFNO3/c1-2-32-27-17-21(16-26(29)28(27)33-19-20-7-6-8-22(30)15-20)18-31-23-11-13-25(14-12-23)34-24-9-4-3-5-10-24/h3-17,31H,2,18-19H2,1H3. The van der Waals surface area contributed by atoms with Gasteiger partial charge in [0.05, 0.1) is 11.1 Å². The molecule has 0 saturated heterocycles. The third-order valence-corrected chi connectivity index (χ3v) is 5.56. The first kappa shape index (κ1) is 23.6. The summed E-state index contributed by atoms with van der Waals surface area (Å²) in [7, 11) is 0. The molecule has 0 amide bonds. The molecule has 0 aliphatic heterocycles. The second kappa shape index (κ2) is 11.6. The Morgan fingerprint density at radius 1 is 0.794 bits per heavy atom. The van der Waals surface area contributed by atoms with Gasteiger partial charge in [0.15, 0.2) is 11.5 Å². The van der Waals surface area contributed by atoms with Crippen molar-refractivity contribution in [2.45, 2.75) is 20.1 Å². The zero-order chi connectivity index (χ0) is 23.8. The summed E-state index contributed by atoms with van der Waals surface area (Å²) < 4.78 is 31.9. The molecule has 4 rings (SSSR count). The molecule has 0 spiro atoms. The van der Waals surface area contributed by atoms with Gasteiger partial charge in [-0.1, -0.05) is 30.3 Å². The molecule has 0 unspecified atom stereocenters. The van der Waals surface area contributed by atoms with Crippen LogP contribution in [-0.2, 0) is 13.2 Å². The normalized spacial score (nSPS) is 10.6. The predicted molar refractivity (Wildman–Crippen MR) is 136 cm³/mol. The minimum Gasteiger partial charge on any atom is -0.490 e. The molecule has 0 heterocycles. The van der Waals surface area contributed by atoms with Gasteiger partial charge in [-0.05, 0) is 94.6 Å². The second-order valence-corrected chi connectivity index (χ2v) is 8.40. The van der Waals surface area contributed by atoms with Crippen LogP contribution in [0.25, 0.3) is 0 Å². The summed E-state index contributed by atoms with van der Waals surface area (Å²) in [4.78, 5) is 0. The number of anilines is 1. The highest BCUT2D eigenvalue weighted by molar-refractivity contribution is 9.10. The largest absolute Gasteiger partial charge is 0.490 e. The van der Waals surface area contributed by atoms with Crippen molar-refractivity contribution in [3.05, 3.63) is 112 Å². The zero-order valence-electron chi connectivity index (χ0n) is 18.8. The average Bonchev–Trinajstić information content (AvgIpc) is 2.84. The van der Waals surface area contributed by atoms with E-state index >= 15 is 0 Å². The molecule has 4 nitrogen and oxygen atoms in total. The van der Waals surface area contributed by atoms with Crippen molar-refractivity contribution in [3.8, 4) is 23.0 Å². The molecule has 1 N–H and O–H groups in total. The molecular weight excluding hydrogens is 497 g/mol. The minimum atomic E-state index is -0.286. The van der Waals surface area contributed by atoms with Gasteiger partial charge in [-0.25, -0.2) is 4.39 Å². The molecule has 6 heteroatoms. The Balaban J connectivity index is 1.40. The van der Waals surface area contributed by atoms with Gasteiger partial charge in [0.25, 0.3) is 0 Å². The molecule has 34 heavy (non-hydrogen) atoms. The maximum atomic E-state index is 13.5. The monoisotopic (exact) mass is 521 g/mol. The van der Waals surface area contributed by atoms with E-state index in [1.165, 1.54) is 12.1 Å². The number of ether oxygens (including phenoxy) is 3. The lowest BCUT2D eigenvalue weighted by molar-refractivity contribution is 0.267. The molecule has 0 aromatic heterocycles. The van der Waals surface area contributed by atoms with Crippen LogP contribution in [0.15, 0.2) is 95.5 Å². The van der Waals surface area contributed by atoms with Crippen molar-refractivity contribution in [1.82, 2.24) is 0 Å². The molecular formula is C28H25BrFNO3. The lowest BCUT2D eigenvalue weighted by atomic mass is 10.2. The van der Waals surface area contributed by atoms with Gasteiger partial charge >= 0.3 is 0 Å². The summed E-state index contributed by atoms with van der Waals surface area (Å²) in [6, 6.07) is 27.8. The Hall–Kier alpha value is -3.51. The quantitative estimate of drug-likeness (QED) is 0.229. The van der Waals surface area contributed by atoms with E-state index < -0.39 is 0 Å². The van der Waals surface area contributed by atoms with Crippen molar-refractivity contribution in [1.29, 1.82) is 0 Å². The van der Waals surface area contributed by atoms with Gasteiger partial charge in [0, 0.05) is 12.2 Å². The lowest BCUT2D eigenvalue weighted by Crippen LogP contribution is -2.04. The van der Waals surface area contributed by atoms with E-state index in [0.717, 1.165) is 32.8 Å². The maximum Gasteiger partial charge on any atom is 0.175 e. The highest BCUT2D eigenvalue weighted by Gasteiger charge is 2.13. The molecule has 0 saturated carbocycles. The molecule has 0 aliphatic carbocycles. The zero-order valence-corrected chi connectivity index (χ0v) is 20.3. The van der Waals surface area contributed by atoms with Crippen molar-refractivity contribution < 1.29 is 18.6 Å². The maximum absolute atomic E-state index is 13.5. The lowest BCUT2D eigenvalue weighted by Gasteiger charge is -2.16. The van der Waals surface area contributed by atoms with Crippen LogP contribution in [-0.4, -0.2) is 6.61 Å². The fourth-order valence-corrected chi connectivity index (χ4v) is 3.98. The molecule has 174 valence electrons. The van der Waals surface area contributed by atoms with Crippen LogP contribution < -0.4 is 19.5 Å². The Bertz CT molecular complexity index is 1220. The summed E-state index contributed by atoms with van der Waals surface area (Å²) in [5, 5.41) is 3.42. The van der Waals surface area contributed by atoms with E-state index in [4.69, 9.17) is 14.2 Å². The van der Waals surface area contributed by atoms with Crippen molar-refractivity contribution >= 4 is 21.6 Å². The third kappa shape index (κ3) is 6.51. The number of halogens is 2. The number of hydrogen-bond donors (Lipinski definition) is 1. The van der Waals surface area contributed by atoms with E-state index in [2.05, 4.69) is 21.2 Å². The van der Waals surface area contributed by atoms with Crippen LogP contribution in [0.3, 0.4) is 0 Å². The van der Waals surface area contributed by atoms with E-state index in [0.29, 0.717) is 24.7 Å². The highest BCUT2D eigenvalue weighted by Crippen LogP contribution is 2.38. The van der Waals surface area contributed by atoms with Gasteiger partial charge in [0.2, 0.25) is 0 Å². The van der Waals surface area contributed by atoms with Crippen LogP contribution in [0, 0.1) is 5.82 Å². The van der Waals surface area contributed by atoms with Crippen molar-refractivity contribution in [3.63, 3.8) is 0 Å². The Labute approximate surface area is 207 Å². The first-order valence-electron chi connectivity index (χ1n) is 11.0. The Kier molecular flexibility index (Phi) is 8.04. The van der Waals surface area contributed by atoms with Crippen LogP contribution in [0.5, 0.6) is 23.0 Å². The van der Waals surface area contributed by atoms with Crippen LogP contribution >= 0.6 is 15.9 Å². The van der Waals surface area contributed by atoms with E-state index in [1.54, 1.807) is 6.07 Å². The van der Waals surface area contributed by atoms with Crippen molar-refractivity contribution in [2.75, 3.05) is 11.9 Å². The number of rotatable bonds is 10. The fraction of sp³-hybridized carbons (Fsp3) is 0.143. The Morgan fingerprint density at radius 2 is 1.56 bits per heavy atom. The molecule has 4 aromatic rings. The average molecular weight is 522 g/mol. The molecule has 0 aliphatic rings. The van der Waals surface area contributed by atoms with Crippen LogP contribution in [0.4, 0.5) is 10.1 Å². The first-order chi connectivity index (χ1) is 16.6. The topological polar surface area (TPSA) is 39.7 Å². The first-order valence-corrected chi connectivity index (χ1v) is 11.8. The van der Waals surface area contributed by atoms with Gasteiger partial charge in [-0.3, -0.25) is 0 Å². The molecule has 0 radical (unpaired) electrons. The van der Waals surface area contributed by atoms with Crippen LogP contribution in [0.2, 0.25) is 0 Å². The smallest absolute Gasteiger partial charge is 0.175 e. The minimum absolute atomic E-state index is 0.242.